The summed E-state index contributed by atoms with van der Waals surface area (Å²) < 4.78 is 14.8. The maximum atomic E-state index is 14.8. The fourth-order valence-corrected chi connectivity index (χ4v) is 5.00. The van der Waals surface area contributed by atoms with Gasteiger partial charge in [-0.05, 0) is 73.3 Å². The predicted octanol–water partition coefficient (Wildman–Crippen LogP) is 4.82. The van der Waals surface area contributed by atoms with Crippen molar-refractivity contribution in [3.63, 3.8) is 0 Å². The normalized spacial score (nSPS) is 17.1. The summed E-state index contributed by atoms with van der Waals surface area (Å²) in [6.07, 6.45) is 4.75. The number of hydrogen-bond donors (Lipinski definition) is 3. The Bertz CT molecular complexity index is 1320. The number of nitrogens with one attached hydrogen (secondary N) is 3. The number of carbonyl (C=O) groups is 1. The second kappa shape index (κ2) is 11.2. The van der Waals surface area contributed by atoms with Crippen LogP contribution in [0.3, 0.4) is 0 Å². The fourth-order valence-electron chi connectivity index (χ4n) is 5.00. The van der Waals surface area contributed by atoms with Crippen molar-refractivity contribution in [2.45, 2.75) is 25.7 Å². The molecule has 8 nitrogen and oxygen atoms in total. The number of halogens is 1. The summed E-state index contributed by atoms with van der Waals surface area (Å²) in [6.45, 7) is 10.1. The molecule has 1 unspecified atom stereocenters. The molecule has 2 heterocycles. The Balaban J connectivity index is 1.38. The van der Waals surface area contributed by atoms with E-state index in [9.17, 15) is 9.18 Å². The van der Waals surface area contributed by atoms with Crippen LogP contribution in [0.2, 0.25) is 0 Å². The number of piperazine rings is 1. The first-order valence-corrected chi connectivity index (χ1v) is 13.1. The molecular formula is C29H34FN7O. The molecule has 1 amide bonds. The molecule has 1 fully saturated rings. The molecule has 3 aromatic rings. The summed E-state index contributed by atoms with van der Waals surface area (Å²) in [4.78, 5) is 26.5. The minimum absolute atomic E-state index is 0.236. The van der Waals surface area contributed by atoms with Crippen LogP contribution in [-0.4, -0.2) is 60.5 Å². The highest BCUT2D eigenvalue weighted by molar-refractivity contribution is 5.99. The summed E-state index contributed by atoms with van der Waals surface area (Å²) in [5, 5.41) is 9.17. The molecular weight excluding hydrogens is 481 g/mol. The number of anilines is 5. The lowest BCUT2D eigenvalue weighted by atomic mass is 10.0. The van der Waals surface area contributed by atoms with E-state index in [0.717, 1.165) is 55.8 Å². The van der Waals surface area contributed by atoms with Gasteiger partial charge in [-0.25, -0.2) is 9.37 Å². The number of benzene rings is 2. The van der Waals surface area contributed by atoms with Gasteiger partial charge in [-0.15, -0.1) is 6.58 Å². The lowest BCUT2D eigenvalue weighted by Gasteiger charge is -2.34. The van der Waals surface area contributed by atoms with Crippen LogP contribution in [0.1, 0.15) is 40.7 Å². The Morgan fingerprint density at radius 3 is 2.63 bits per heavy atom. The van der Waals surface area contributed by atoms with Gasteiger partial charge >= 0.3 is 0 Å². The molecule has 0 saturated carbocycles. The second-order valence-electron chi connectivity index (χ2n) is 10.0. The van der Waals surface area contributed by atoms with Crippen LogP contribution in [0.25, 0.3) is 0 Å². The molecule has 1 aliphatic heterocycles. The van der Waals surface area contributed by atoms with E-state index in [4.69, 9.17) is 0 Å². The standard InChI is InChI=1S/C29H34FN7O/c1-4-11-31-28(38)25-18-32-29(34-20-6-8-22(9-7-20)37-14-12-36(3)13-15-37)35-27(25)33-21-16-24-19(2)5-10-23(24)26(30)17-21/h4,6-9,16-19H,1,5,10-15H2,2-3H3,(H,31,38)(H2,32,33,34,35). The zero-order valence-corrected chi connectivity index (χ0v) is 21.9. The van der Waals surface area contributed by atoms with Gasteiger partial charge in [0.1, 0.15) is 17.2 Å². The fraction of sp³-hybridized carbons (Fsp3) is 0.345. The molecule has 0 spiro atoms. The Labute approximate surface area is 223 Å². The van der Waals surface area contributed by atoms with E-state index in [1.807, 2.05) is 18.2 Å². The summed E-state index contributed by atoms with van der Waals surface area (Å²) in [6, 6.07) is 11.6. The smallest absolute Gasteiger partial charge is 0.256 e. The Morgan fingerprint density at radius 1 is 1.13 bits per heavy atom. The van der Waals surface area contributed by atoms with E-state index in [0.29, 0.717) is 24.0 Å². The van der Waals surface area contributed by atoms with Gasteiger partial charge in [0.2, 0.25) is 5.95 Å². The first-order valence-electron chi connectivity index (χ1n) is 13.1. The Kier molecular flexibility index (Phi) is 7.55. The first-order chi connectivity index (χ1) is 18.4. The highest BCUT2D eigenvalue weighted by Gasteiger charge is 2.23. The second-order valence-corrected chi connectivity index (χ2v) is 10.0. The summed E-state index contributed by atoms with van der Waals surface area (Å²) >= 11 is 0. The van der Waals surface area contributed by atoms with Gasteiger partial charge < -0.3 is 25.8 Å². The quantitative estimate of drug-likeness (QED) is 0.371. The van der Waals surface area contributed by atoms with Crippen molar-refractivity contribution in [3.8, 4) is 0 Å². The van der Waals surface area contributed by atoms with E-state index >= 15 is 0 Å². The van der Waals surface area contributed by atoms with Crippen LogP contribution in [0.4, 0.5) is 33.2 Å². The molecule has 9 heteroatoms. The van der Waals surface area contributed by atoms with Gasteiger partial charge in [0.05, 0.1) is 0 Å². The van der Waals surface area contributed by atoms with Crippen LogP contribution in [0.5, 0.6) is 0 Å². The van der Waals surface area contributed by atoms with Crippen molar-refractivity contribution in [1.29, 1.82) is 0 Å². The average molecular weight is 516 g/mol. The molecule has 1 aliphatic carbocycles. The van der Waals surface area contributed by atoms with Gasteiger partial charge in [-0.1, -0.05) is 13.0 Å². The van der Waals surface area contributed by atoms with Gasteiger partial charge in [0.15, 0.2) is 0 Å². The van der Waals surface area contributed by atoms with Crippen LogP contribution in [0, 0.1) is 5.82 Å². The number of fused-ring (bicyclic) bond motifs is 1. The minimum atomic E-state index is -0.342. The molecule has 1 atom stereocenters. The third-order valence-electron chi connectivity index (χ3n) is 7.28. The lowest BCUT2D eigenvalue weighted by molar-refractivity contribution is 0.0958. The molecule has 1 saturated heterocycles. The maximum Gasteiger partial charge on any atom is 0.256 e. The molecule has 0 radical (unpaired) electrons. The number of nitrogens with zero attached hydrogens (tertiary/aromatic N) is 4. The van der Waals surface area contributed by atoms with Crippen LogP contribution >= 0.6 is 0 Å². The van der Waals surface area contributed by atoms with Crippen LogP contribution in [0.15, 0.2) is 55.3 Å². The van der Waals surface area contributed by atoms with E-state index in [-0.39, 0.29) is 23.2 Å². The molecule has 198 valence electrons. The summed E-state index contributed by atoms with van der Waals surface area (Å²) in [5.74, 6) is 0.330. The van der Waals surface area contributed by atoms with Crippen LogP contribution < -0.4 is 20.9 Å². The van der Waals surface area contributed by atoms with E-state index in [1.165, 1.54) is 18.0 Å². The number of likely N-dealkylation sites (N-methyl/N-ethyl adjacent to an activating group) is 1. The molecule has 2 aliphatic rings. The lowest BCUT2D eigenvalue weighted by Crippen LogP contribution is -2.44. The van der Waals surface area contributed by atoms with E-state index in [1.54, 1.807) is 6.08 Å². The van der Waals surface area contributed by atoms with Gasteiger partial charge in [-0.2, -0.15) is 4.98 Å². The average Bonchev–Trinajstić information content (AvgIpc) is 3.29. The highest BCUT2D eigenvalue weighted by atomic mass is 19.1. The van der Waals surface area contributed by atoms with Crippen molar-refractivity contribution in [2.75, 3.05) is 55.3 Å². The van der Waals surface area contributed by atoms with Crippen LogP contribution in [-0.2, 0) is 6.42 Å². The number of rotatable bonds is 8. The monoisotopic (exact) mass is 515 g/mol. The van der Waals surface area contributed by atoms with Crippen molar-refractivity contribution in [1.82, 2.24) is 20.2 Å². The largest absolute Gasteiger partial charge is 0.369 e. The predicted molar refractivity (Wildman–Crippen MR) is 150 cm³/mol. The Hall–Kier alpha value is -3.98. The van der Waals surface area contributed by atoms with Crippen molar-refractivity contribution >= 4 is 34.7 Å². The topological polar surface area (TPSA) is 85.4 Å². The van der Waals surface area contributed by atoms with Gasteiger partial charge in [0.25, 0.3) is 5.91 Å². The van der Waals surface area contributed by atoms with Gasteiger partial charge in [0, 0.05) is 56.0 Å². The molecule has 2 aromatic carbocycles. The molecule has 0 bridgehead atoms. The molecule has 5 rings (SSSR count). The third kappa shape index (κ3) is 5.62. The molecule has 3 N–H and O–H groups in total. The molecule has 1 aromatic heterocycles. The zero-order valence-electron chi connectivity index (χ0n) is 21.9. The van der Waals surface area contributed by atoms with Crippen molar-refractivity contribution in [3.05, 3.63) is 77.8 Å². The van der Waals surface area contributed by atoms with E-state index < -0.39 is 0 Å². The highest BCUT2D eigenvalue weighted by Crippen LogP contribution is 2.37. The van der Waals surface area contributed by atoms with Crippen molar-refractivity contribution < 1.29 is 9.18 Å². The van der Waals surface area contributed by atoms with Crippen molar-refractivity contribution in [2.24, 2.45) is 0 Å². The number of hydrogen-bond acceptors (Lipinski definition) is 7. The van der Waals surface area contributed by atoms with E-state index in [2.05, 4.69) is 68.4 Å². The number of aromatic nitrogens is 2. The maximum absolute atomic E-state index is 14.8. The third-order valence-corrected chi connectivity index (χ3v) is 7.28. The number of amides is 1. The summed E-state index contributed by atoms with van der Waals surface area (Å²) in [7, 11) is 2.14. The zero-order chi connectivity index (χ0) is 26.6. The molecule has 38 heavy (non-hydrogen) atoms. The Morgan fingerprint density at radius 2 is 1.89 bits per heavy atom. The summed E-state index contributed by atoms with van der Waals surface area (Å²) in [5.41, 5.74) is 4.59. The SMILES string of the molecule is C=CCNC(=O)c1cnc(Nc2ccc(N3CCN(C)CC3)cc2)nc1Nc1cc(F)c2c(c1)C(C)CC2. The minimum Gasteiger partial charge on any atom is -0.369 e. The number of carbonyl (C=O) groups excluding carboxylic acids is 1. The van der Waals surface area contributed by atoms with Gasteiger partial charge in [-0.3, -0.25) is 4.79 Å². The first kappa shape index (κ1) is 25.7.